The molecule has 0 aromatic heterocycles. The Bertz CT molecular complexity index is 483. The van der Waals surface area contributed by atoms with Crippen LogP contribution in [0.15, 0.2) is 0 Å². The van der Waals surface area contributed by atoms with Crippen LogP contribution < -0.4 is 5.73 Å². The van der Waals surface area contributed by atoms with E-state index in [1.54, 1.807) is 0 Å². The summed E-state index contributed by atoms with van der Waals surface area (Å²) in [6, 6.07) is 0. The van der Waals surface area contributed by atoms with Gasteiger partial charge in [0.25, 0.3) is 0 Å². The molecule has 7 nitrogen and oxygen atoms in total. The van der Waals surface area contributed by atoms with Crippen LogP contribution in [-0.2, 0) is 14.3 Å². The Hall–Kier alpha value is -1.18. The Balaban J connectivity index is 1.46. The van der Waals surface area contributed by atoms with Crippen molar-refractivity contribution in [3.63, 3.8) is 0 Å². The standard InChI is InChI=1S/C18H32N4O3/c1-18(19)5-3-2-4-15(18)17(24)22-8-6-20(7-9-22)14-16(23)21-10-12-25-13-11-21/h15H,2-14,19H2,1H3. The van der Waals surface area contributed by atoms with Crippen LogP contribution in [0.5, 0.6) is 0 Å². The molecule has 1 aliphatic carbocycles. The van der Waals surface area contributed by atoms with Crippen molar-refractivity contribution in [2.75, 3.05) is 59.0 Å². The molecule has 2 saturated heterocycles. The molecule has 0 bridgehead atoms. The molecule has 2 aliphatic heterocycles. The monoisotopic (exact) mass is 352 g/mol. The van der Waals surface area contributed by atoms with Crippen molar-refractivity contribution in [3.05, 3.63) is 0 Å². The highest BCUT2D eigenvalue weighted by Crippen LogP contribution is 2.33. The van der Waals surface area contributed by atoms with Gasteiger partial charge in [0.1, 0.15) is 0 Å². The van der Waals surface area contributed by atoms with Crippen molar-refractivity contribution in [1.82, 2.24) is 14.7 Å². The van der Waals surface area contributed by atoms with E-state index in [-0.39, 0.29) is 23.3 Å². The lowest BCUT2D eigenvalue weighted by molar-refractivity contribution is -0.141. The summed E-state index contributed by atoms with van der Waals surface area (Å²) in [4.78, 5) is 31.2. The summed E-state index contributed by atoms with van der Waals surface area (Å²) in [5.41, 5.74) is 6.01. The minimum absolute atomic E-state index is 0.0530. The van der Waals surface area contributed by atoms with E-state index in [4.69, 9.17) is 10.5 Å². The lowest BCUT2D eigenvalue weighted by Gasteiger charge is -2.42. The Morgan fingerprint density at radius 2 is 1.72 bits per heavy atom. The zero-order chi connectivity index (χ0) is 17.9. The van der Waals surface area contributed by atoms with Gasteiger partial charge in [-0.3, -0.25) is 14.5 Å². The Morgan fingerprint density at radius 3 is 2.36 bits per heavy atom. The van der Waals surface area contributed by atoms with E-state index in [1.807, 2.05) is 16.7 Å². The highest BCUT2D eigenvalue weighted by Gasteiger charge is 2.40. The normalized spacial score (nSPS) is 31.8. The summed E-state index contributed by atoms with van der Waals surface area (Å²) < 4.78 is 5.29. The second-order valence-corrected chi connectivity index (χ2v) is 7.90. The smallest absolute Gasteiger partial charge is 0.236 e. The second-order valence-electron chi connectivity index (χ2n) is 7.90. The van der Waals surface area contributed by atoms with E-state index >= 15 is 0 Å². The number of morpholine rings is 1. The zero-order valence-electron chi connectivity index (χ0n) is 15.4. The van der Waals surface area contributed by atoms with Gasteiger partial charge in [-0.2, -0.15) is 0 Å². The molecular formula is C18H32N4O3. The summed E-state index contributed by atoms with van der Waals surface area (Å²) >= 11 is 0. The third-order valence-electron chi connectivity index (χ3n) is 5.96. The Kier molecular flexibility index (Phi) is 5.96. The lowest BCUT2D eigenvalue weighted by atomic mass is 9.74. The van der Waals surface area contributed by atoms with E-state index in [0.29, 0.717) is 45.9 Å². The number of hydrogen-bond acceptors (Lipinski definition) is 5. The van der Waals surface area contributed by atoms with Gasteiger partial charge in [-0.25, -0.2) is 0 Å². The maximum atomic E-state index is 12.9. The number of carbonyl (C=O) groups is 2. The number of amides is 2. The number of carbonyl (C=O) groups excluding carboxylic acids is 2. The van der Waals surface area contributed by atoms with Gasteiger partial charge in [-0.05, 0) is 19.8 Å². The Labute approximate surface area is 150 Å². The number of hydrogen-bond donors (Lipinski definition) is 1. The van der Waals surface area contributed by atoms with Crippen LogP contribution in [0.1, 0.15) is 32.6 Å². The molecule has 2 atom stereocenters. The van der Waals surface area contributed by atoms with Crippen LogP contribution >= 0.6 is 0 Å². The molecular weight excluding hydrogens is 320 g/mol. The first-order valence-corrected chi connectivity index (χ1v) is 9.63. The topological polar surface area (TPSA) is 79.1 Å². The molecule has 3 aliphatic rings. The number of nitrogens with two attached hydrogens (primary N) is 1. The summed E-state index contributed by atoms with van der Waals surface area (Å²) in [6.07, 6.45) is 4.05. The fourth-order valence-electron chi connectivity index (χ4n) is 4.21. The average Bonchev–Trinajstić information content (AvgIpc) is 2.62. The van der Waals surface area contributed by atoms with E-state index in [0.717, 1.165) is 38.8 Å². The summed E-state index contributed by atoms with van der Waals surface area (Å²) in [5.74, 6) is 0.330. The fraction of sp³-hybridized carbons (Fsp3) is 0.889. The van der Waals surface area contributed by atoms with E-state index < -0.39 is 0 Å². The van der Waals surface area contributed by atoms with Crippen molar-refractivity contribution < 1.29 is 14.3 Å². The lowest BCUT2D eigenvalue weighted by Crippen LogP contribution is -2.58. The van der Waals surface area contributed by atoms with E-state index in [9.17, 15) is 9.59 Å². The number of piperazine rings is 1. The van der Waals surface area contributed by atoms with Gasteiger partial charge in [0.15, 0.2) is 0 Å². The van der Waals surface area contributed by atoms with Crippen molar-refractivity contribution in [2.24, 2.45) is 11.7 Å². The van der Waals surface area contributed by atoms with Gasteiger partial charge < -0.3 is 20.3 Å². The van der Waals surface area contributed by atoms with E-state index in [2.05, 4.69) is 4.90 Å². The molecule has 2 heterocycles. The third-order valence-corrected chi connectivity index (χ3v) is 5.96. The first kappa shape index (κ1) is 18.6. The minimum atomic E-state index is -0.376. The fourth-order valence-corrected chi connectivity index (χ4v) is 4.21. The minimum Gasteiger partial charge on any atom is -0.378 e. The maximum absolute atomic E-state index is 12.9. The predicted molar refractivity (Wildman–Crippen MR) is 95.0 cm³/mol. The molecule has 142 valence electrons. The molecule has 0 aromatic rings. The van der Waals surface area contributed by atoms with Crippen molar-refractivity contribution in [3.8, 4) is 0 Å². The largest absolute Gasteiger partial charge is 0.378 e. The molecule has 7 heteroatoms. The molecule has 1 saturated carbocycles. The molecule has 3 fully saturated rings. The van der Waals surface area contributed by atoms with Crippen LogP contribution in [0.2, 0.25) is 0 Å². The highest BCUT2D eigenvalue weighted by atomic mass is 16.5. The molecule has 2 amide bonds. The summed E-state index contributed by atoms with van der Waals surface area (Å²) in [7, 11) is 0. The van der Waals surface area contributed by atoms with Gasteiger partial charge in [0, 0.05) is 44.8 Å². The average molecular weight is 352 g/mol. The van der Waals surface area contributed by atoms with Crippen LogP contribution in [-0.4, -0.2) is 91.1 Å². The first-order valence-electron chi connectivity index (χ1n) is 9.63. The molecule has 2 N–H and O–H groups in total. The number of rotatable bonds is 3. The van der Waals surface area contributed by atoms with Gasteiger partial charge in [0.2, 0.25) is 11.8 Å². The molecule has 0 spiro atoms. The van der Waals surface area contributed by atoms with Crippen LogP contribution in [0.3, 0.4) is 0 Å². The van der Waals surface area contributed by atoms with Gasteiger partial charge >= 0.3 is 0 Å². The number of nitrogens with zero attached hydrogens (tertiary/aromatic N) is 3. The SMILES string of the molecule is CC1(N)CCCCC1C(=O)N1CCN(CC(=O)N2CCOCC2)CC1. The first-order chi connectivity index (χ1) is 12.0. The van der Waals surface area contributed by atoms with Crippen LogP contribution in [0.4, 0.5) is 0 Å². The van der Waals surface area contributed by atoms with Crippen molar-refractivity contribution >= 4 is 11.8 Å². The van der Waals surface area contributed by atoms with E-state index in [1.165, 1.54) is 0 Å². The molecule has 0 radical (unpaired) electrons. The molecule has 2 unspecified atom stereocenters. The quantitative estimate of drug-likeness (QED) is 0.767. The highest BCUT2D eigenvalue weighted by molar-refractivity contribution is 5.81. The van der Waals surface area contributed by atoms with Gasteiger partial charge in [-0.15, -0.1) is 0 Å². The van der Waals surface area contributed by atoms with Crippen molar-refractivity contribution in [2.45, 2.75) is 38.1 Å². The molecule has 25 heavy (non-hydrogen) atoms. The number of ether oxygens (including phenoxy) is 1. The van der Waals surface area contributed by atoms with Crippen molar-refractivity contribution in [1.29, 1.82) is 0 Å². The third kappa shape index (κ3) is 4.51. The van der Waals surface area contributed by atoms with Gasteiger partial charge in [0.05, 0.1) is 25.7 Å². The van der Waals surface area contributed by atoms with Gasteiger partial charge in [-0.1, -0.05) is 12.8 Å². The second kappa shape index (κ2) is 8.01. The van der Waals surface area contributed by atoms with Crippen LogP contribution in [0.25, 0.3) is 0 Å². The Morgan fingerprint density at radius 1 is 1.04 bits per heavy atom. The summed E-state index contributed by atoms with van der Waals surface area (Å²) in [5, 5.41) is 0. The maximum Gasteiger partial charge on any atom is 0.236 e. The zero-order valence-corrected chi connectivity index (χ0v) is 15.4. The summed E-state index contributed by atoms with van der Waals surface area (Å²) in [6.45, 7) is 8.02. The predicted octanol–water partition coefficient (Wildman–Crippen LogP) is -0.103. The molecule has 0 aromatic carbocycles. The van der Waals surface area contributed by atoms with Crippen LogP contribution in [0, 0.1) is 5.92 Å². The molecule has 3 rings (SSSR count).